The molecule has 1 aromatic rings. The molecule has 0 aliphatic heterocycles. The predicted molar refractivity (Wildman–Crippen MR) is 130 cm³/mol. The Balaban J connectivity index is 0. The third-order valence-corrected chi connectivity index (χ3v) is 5.46. The molecule has 0 fully saturated rings. The highest BCUT2D eigenvalue weighted by Gasteiger charge is 2.29. The highest BCUT2D eigenvalue weighted by atomic mass is 16.5. The van der Waals surface area contributed by atoms with Gasteiger partial charge in [-0.05, 0) is 62.6 Å². The fraction of sp³-hybridized carbons (Fsp3) is 0.481. The zero-order chi connectivity index (χ0) is 20.4. The van der Waals surface area contributed by atoms with E-state index in [9.17, 15) is 0 Å². The molecule has 0 amide bonds. The van der Waals surface area contributed by atoms with Crippen LogP contribution in [0.3, 0.4) is 0 Å². The van der Waals surface area contributed by atoms with Crippen LogP contribution in [-0.4, -0.2) is 7.11 Å². The van der Waals surface area contributed by atoms with Crippen LogP contribution in [0.2, 0.25) is 0 Å². The topological polar surface area (TPSA) is 9.23 Å². The van der Waals surface area contributed by atoms with Crippen molar-refractivity contribution in [2.45, 2.75) is 72.6 Å². The van der Waals surface area contributed by atoms with E-state index in [1.54, 1.807) is 7.11 Å². The van der Waals surface area contributed by atoms with Crippen LogP contribution in [0.15, 0.2) is 55.7 Å². The first-order chi connectivity index (χ1) is 13.0. The van der Waals surface area contributed by atoms with E-state index in [-0.39, 0.29) is 8.85 Å². The van der Waals surface area contributed by atoms with Gasteiger partial charge in [0.2, 0.25) is 0 Å². The summed E-state index contributed by atoms with van der Waals surface area (Å²) in [4.78, 5) is 0. The summed E-state index contributed by atoms with van der Waals surface area (Å²) in [5, 5.41) is 0. The lowest BCUT2D eigenvalue weighted by Gasteiger charge is -2.32. The van der Waals surface area contributed by atoms with Crippen LogP contribution in [-0.2, 0) is 6.42 Å². The van der Waals surface area contributed by atoms with Gasteiger partial charge < -0.3 is 4.74 Å². The number of unbranched alkanes of at least 4 members (excludes halogenated alkanes) is 2. The van der Waals surface area contributed by atoms with E-state index in [1.165, 1.54) is 53.5 Å². The summed E-state index contributed by atoms with van der Waals surface area (Å²) in [6, 6.07) is 4.55. The number of methoxy groups -OCH3 is 1. The van der Waals surface area contributed by atoms with Crippen molar-refractivity contribution in [1.29, 1.82) is 0 Å². The molecule has 158 valence electrons. The molecular weight excluding hydrogens is 340 g/mol. The molecule has 28 heavy (non-hydrogen) atoms. The zero-order valence-electron chi connectivity index (χ0n) is 17.9. The number of hydrogen-bond acceptors (Lipinski definition) is 1. The highest BCUT2D eigenvalue weighted by Crippen LogP contribution is 2.45. The molecule has 1 unspecified atom stereocenters. The smallest absolute Gasteiger partial charge is 0.123 e. The number of allylic oxidation sites excluding steroid dienone is 3. The van der Waals surface area contributed by atoms with Gasteiger partial charge in [0, 0.05) is 12.9 Å². The van der Waals surface area contributed by atoms with Crippen molar-refractivity contribution in [2.75, 3.05) is 7.11 Å². The van der Waals surface area contributed by atoms with Gasteiger partial charge in [-0.3, -0.25) is 0 Å². The maximum Gasteiger partial charge on any atom is 0.123 e. The molecule has 0 radical (unpaired) electrons. The van der Waals surface area contributed by atoms with Crippen LogP contribution in [0, 0.1) is 5.92 Å². The summed E-state index contributed by atoms with van der Waals surface area (Å²) in [5.74, 6) is 1.81. The molecule has 1 aromatic carbocycles. The molecule has 0 aromatic heterocycles. The lowest BCUT2D eigenvalue weighted by Crippen LogP contribution is -2.18. The van der Waals surface area contributed by atoms with Gasteiger partial charge in [-0.25, -0.2) is 0 Å². The Morgan fingerprint density at radius 3 is 2.50 bits per heavy atom. The van der Waals surface area contributed by atoms with Crippen molar-refractivity contribution in [2.24, 2.45) is 5.92 Å². The average molecular weight is 385 g/mol. The molecule has 2 rings (SSSR count). The van der Waals surface area contributed by atoms with E-state index in [4.69, 9.17) is 4.74 Å². The van der Waals surface area contributed by atoms with Crippen molar-refractivity contribution in [3.8, 4) is 5.75 Å². The number of rotatable bonds is 8. The SMILES string of the molecule is C.C=C.C=Cc1cc(CCCCC)cc(OC)c1C1C=C(C)CC[C@H]1C(=C)C.[HH]. The third kappa shape index (κ3) is 6.55. The monoisotopic (exact) mass is 384 g/mol. The number of benzene rings is 1. The lowest BCUT2D eigenvalue weighted by atomic mass is 9.72. The first-order valence-electron chi connectivity index (χ1n) is 10.2. The van der Waals surface area contributed by atoms with Crippen LogP contribution in [0.25, 0.3) is 6.08 Å². The summed E-state index contributed by atoms with van der Waals surface area (Å²) >= 11 is 0. The Labute approximate surface area is 176 Å². The van der Waals surface area contributed by atoms with Crippen LogP contribution < -0.4 is 4.74 Å². The third-order valence-electron chi connectivity index (χ3n) is 5.46. The predicted octanol–water partition coefficient (Wildman–Crippen LogP) is 8.77. The van der Waals surface area contributed by atoms with Gasteiger partial charge in [-0.15, -0.1) is 13.2 Å². The molecule has 0 N–H and O–H groups in total. The summed E-state index contributed by atoms with van der Waals surface area (Å²) in [5.41, 5.74) is 6.58. The van der Waals surface area contributed by atoms with Gasteiger partial charge >= 0.3 is 0 Å². The van der Waals surface area contributed by atoms with Crippen LogP contribution in [0.5, 0.6) is 5.75 Å². The van der Waals surface area contributed by atoms with Crippen molar-refractivity contribution in [1.82, 2.24) is 0 Å². The fourth-order valence-corrected chi connectivity index (χ4v) is 4.03. The van der Waals surface area contributed by atoms with Gasteiger partial charge in [0.25, 0.3) is 0 Å². The Morgan fingerprint density at radius 2 is 1.96 bits per heavy atom. The van der Waals surface area contributed by atoms with Crippen LogP contribution in [0.1, 0.15) is 84.3 Å². The van der Waals surface area contributed by atoms with Crippen molar-refractivity contribution >= 4 is 6.08 Å². The van der Waals surface area contributed by atoms with Gasteiger partial charge in [0.15, 0.2) is 0 Å². The standard InChI is InChI=1S/C24H34O.C2H4.CH4.H2/c1-7-9-10-11-19-15-20(8-2)24(23(16-19)25-6)22-14-18(5)12-13-21(22)17(3)4;1-2;;/h8,14-16,21-22H,2-3,7,9-13H2,1,4-6H3;1-2H2;1H4;1H/t21-,22?;;;/m0.../s1. The van der Waals surface area contributed by atoms with Crippen LogP contribution in [0.4, 0.5) is 0 Å². The van der Waals surface area contributed by atoms with E-state index >= 15 is 0 Å². The first kappa shape index (κ1) is 26.0. The van der Waals surface area contributed by atoms with E-state index in [2.05, 4.69) is 65.3 Å². The number of hydrogen-bond donors (Lipinski definition) is 0. The Hall–Kier alpha value is -2.02. The quantitative estimate of drug-likeness (QED) is 0.321. The normalized spacial score (nSPS) is 18.1. The average Bonchev–Trinajstić information content (AvgIpc) is 2.68. The highest BCUT2D eigenvalue weighted by molar-refractivity contribution is 5.61. The summed E-state index contributed by atoms with van der Waals surface area (Å²) in [6.07, 6.45) is 11.6. The molecule has 1 heteroatoms. The molecule has 0 heterocycles. The summed E-state index contributed by atoms with van der Waals surface area (Å²) in [6.45, 7) is 21.0. The Morgan fingerprint density at radius 1 is 1.29 bits per heavy atom. The van der Waals surface area contributed by atoms with E-state index in [0.717, 1.165) is 18.6 Å². The molecular formula is C27H44O. The second-order valence-electron chi connectivity index (χ2n) is 7.49. The summed E-state index contributed by atoms with van der Waals surface area (Å²) < 4.78 is 5.84. The van der Waals surface area contributed by atoms with Crippen molar-refractivity contribution < 1.29 is 6.16 Å². The maximum atomic E-state index is 5.84. The minimum Gasteiger partial charge on any atom is -0.496 e. The van der Waals surface area contributed by atoms with Crippen molar-refractivity contribution in [3.63, 3.8) is 0 Å². The fourth-order valence-electron chi connectivity index (χ4n) is 4.03. The second-order valence-corrected chi connectivity index (χ2v) is 7.49. The van der Waals surface area contributed by atoms with Crippen LogP contribution >= 0.6 is 0 Å². The number of aryl methyl sites for hydroxylation is 1. The van der Waals surface area contributed by atoms with E-state index in [1.807, 2.05) is 6.08 Å². The van der Waals surface area contributed by atoms with Gasteiger partial charge in [-0.2, -0.15) is 0 Å². The maximum absolute atomic E-state index is 5.84. The summed E-state index contributed by atoms with van der Waals surface area (Å²) in [7, 11) is 1.79. The van der Waals surface area contributed by atoms with Gasteiger partial charge in [0.1, 0.15) is 5.75 Å². The van der Waals surface area contributed by atoms with E-state index < -0.39 is 0 Å². The molecule has 0 bridgehead atoms. The molecule has 0 spiro atoms. The van der Waals surface area contributed by atoms with Crippen molar-refractivity contribution in [3.05, 3.63) is 72.4 Å². The molecule has 1 aliphatic rings. The number of ether oxygens (including phenoxy) is 1. The molecule has 2 atom stereocenters. The molecule has 1 nitrogen and oxygen atoms in total. The van der Waals surface area contributed by atoms with Gasteiger partial charge in [-0.1, -0.05) is 69.7 Å². The minimum absolute atomic E-state index is 0. The van der Waals surface area contributed by atoms with E-state index in [0.29, 0.717) is 11.8 Å². The zero-order valence-corrected chi connectivity index (χ0v) is 17.9. The molecule has 1 aliphatic carbocycles. The Kier molecular flexibility index (Phi) is 12.3. The minimum atomic E-state index is 0. The first-order valence-corrected chi connectivity index (χ1v) is 10.2. The molecule has 0 saturated heterocycles. The second kappa shape index (κ2) is 13.2. The largest absolute Gasteiger partial charge is 0.496 e. The lowest BCUT2D eigenvalue weighted by molar-refractivity contribution is 0.396. The molecule has 0 saturated carbocycles. The van der Waals surface area contributed by atoms with Gasteiger partial charge in [0.05, 0.1) is 7.11 Å². The Bertz CT molecular complexity index is 671.